The van der Waals surface area contributed by atoms with Gasteiger partial charge in [-0.25, -0.2) is 4.68 Å². The molecule has 0 atom stereocenters. The van der Waals surface area contributed by atoms with Crippen LogP contribution in [0.1, 0.15) is 48.8 Å². The minimum atomic E-state index is 0.459. The van der Waals surface area contributed by atoms with Gasteiger partial charge in [0.05, 0.1) is 5.69 Å². The van der Waals surface area contributed by atoms with Crippen molar-refractivity contribution in [2.45, 2.75) is 46.1 Å². The van der Waals surface area contributed by atoms with Crippen molar-refractivity contribution in [3.8, 4) is 0 Å². The van der Waals surface area contributed by atoms with Gasteiger partial charge in [-0.15, -0.1) is 5.10 Å². The third-order valence-corrected chi connectivity index (χ3v) is 2.35. The van der Waals surface area contributed by atoms with Crippen molar-refractivity contribution in [1.29, 1.82) is 0 Å². The van der Waals surface area contributed by atoms with E-state index in [4.69, 9.17) is 0 Å². The summed E-state index contributed by atoms with van der Waals surface area (Å²) in [5.74, 6) is 0. The molecule has 0 aromatic carbocycles. The van der Waals surface area contributed by atoms with Crippen LogP contribution in [-0.4, -0.2) is 21.3 Å². The predicted molar refractivity (Wildman–Crippen MR) is 54.3 cm³/mol. The molecule has 0 saturated carbocycles. The Labute approximate surface area is 84.3 Å². The minimum absolute atomic E-state index is 0.459. The summed E-state index contributed by atoms with van der Waals surface area (Å²) in [7, 11) is 0. The first-order valence-electron chi connectivity index (χ1n) is 5.14. The van der Waals surface area contributed by atoms with E-state index in [1.807, 2.05) is 6.92 Å². The normalized spacial score (nSPS) is 10.4. The third kappa shape index (κ3) is 2.65. The number of aromatic nitrogens is 3. The molecule has 0 radical (unpaired) electrons. The van der Waals surface area contributed by atoms with Crippen LogP contribution < -0.4 is 0 Å². The highest BCUT2D eigenvalue weighted by atomic mass is 16.1. The van der Waals surface area contributed by atoms with Crippen molar-refractivity contribution in [1.82, 2.24) is 15.0 Å². The van der Waals surface area contributed by atoms with Crippen LogP contribution in [0.4, 0.5) is 0 Å². The number of rotatable bonds is 6. The maximum atomic E-state index is 10.5. The second-order valence-electron chi connectivity index (χ2n) is 3.46. The van der Waals surface area contributed by atoms with Crippen molar-refractivity contribution in [3.63, 3.8) is 0 Å². The molecule has 0 unspecified atom stereocenters. The molecule has 0 saturated heterocycles. The van der Waals surface area contributed by atoms with Crippen LogP contribution >= 0.6 is 0 Å². The lowest BCUT2D eigenvalue weighted by atomic mass is 10.2. The standard InChI is InChI=1S/C10H17N3O/c1-3-4-5-6-7-13-9(2)10(8-14)11-12-13/h8H,3-7H2,1-2H3. The van der Waals surface area contributed by atoms with Gasteiger partial charge in [0.15, 0.2) is 6.29 Å². The molecule has 0 bridgehead atoms. The van der Waals surface area contributed by atoms with Gasteiger partial charge in [0.1, 0.15) is 5.69 Å². The average Bonchev–Trinajstić information content (AvgIpc) is 2.55. The molecular formula is C10H17N3O. The van der Waals surface area contributed by atoms with Crippen molar-refractivity contribution in [3.05, 3.63) is 11.4 Å². The first kappa shape index (κ1) is 10.9. The second-order valence-corrected chi connectivity index (χ2v) is 3.46. The number of carbonyl (C=O) groups is 1. The van der Waals surface area contributed by atoms with E-state index in [0.29, 0.717) is 5.69 Å². The SMILES string of the molecule is CCCCCCn1nnc(C=O)c1C. The van der Waals surface area contributed by atoms with Crippen LogP contribution in [0.25, 0.3) is 0 Å². The maximum Gasteiger partial charge on any atom is 0.172 e. The fraction of sp³-hybridized carbons (Fsp3) is 0.700. The topological polar surface area (TPSA) is 47.8 Å². The molecule has 0 N–H and O–H groups in total. The van der Waals surface area contributed by atoms with E-state index in [-0.39, 0.29) is 0 Å². The number of hydrogen-bond acceptors (Lipinski definition) is 3. The maximum absolute atomic E-state index is 10.5. The van der Waals surface area contributed by atoms with Crippen molar-refractivity contribution in [2.24, 2.45) is 0 Å². The van der Waals surface area contributed by atoms with Gasteiger partial charge >= 0.3 is 0 Å². The number of unbranched alkanes of at least 4 members (excludes halogenated alkanes) is 3. The van der Waals surface area contributed by atoms with Gasteiger partial charge in [0.2, 0.25) is 0 Å². The molecule has 0 spiro atoms. The Hall–Kier alpha value is -1.19. The molecule has 4 heteroatoms. The molecule has 1 rings (SSSR count). The van der Waals surface area contributed by atoms with Crippen molar-refractivity contribution < 1.29 is 4.79 Å². The minimum Gasteiger partial charge on any atom is -0.296 e. The van der Waals surface area contributed by atoms with E-state index < -0.39 is 0 Å². The van der Waals surface area contributed by atoms with Gasteiger partial charge in [-0.1, -0.05) is 31.4 Å². The lowest BCUT2D eigenvalue weighted by molar-refractivity contribution is 0.111. The summed E-state index contributed by atoms with van der Waals surface area (Å²) < 4.78 is 1.80. The zero-order chi connectivity index (χ0) is 10.4. The van der Waals surface area contributed by atoms with E-state index in [9.17, 15) is 4.79 Å². The lowest BCUT2D eigenvalue weighted by Crippen LogP contribution is -2.02. The Morgan fingerprint density at radius 1 is 1.36 bits per heavy atom. The number of carbonyl (C=O) groups excluding carboxylic acids is 1. The monoisotopic (exact) mass is 195 g/mol. The molecule has 1 heterocycles. The zero-order valence-electron chi connectivity index (χ0n) is 8.86. The second kappa shape index (κ2) is 5.52. The van der Waals surface area contributed by atoms with Gasteiger partial charge in [-0.3, -0.25) is 4.79 Å². The van der Waals surface area contributed by atoms with Gasteiger partial charge in [-0.05, 0) is 13.3 Å². The van der Waals surface area contributed by atoms with E-state index in [0.717, 1.165) is 24.9 Å². The molecule has 0 aliphatic rings. The molecule has 1 aromatic rings. The van der Waals surface area contributed by atoms with Gasteiger partial charge in [0.25, 0.3) is 0 Å². The largest absolute Gasteiger partial charge is 0.296 e. The molecule has 78 valence electrons. The number of aldehydes is 1. The van der Waals surface area contributed by atoms with Crippen molar-refractivity contribution in [2.75, 3.05) is 0 Å². The quantitative estimate of drug-likeness (QED) is 0.515. The lowest BCUT2D eigenvalue weighted by Gasteiger charge is -2.01. The fourth-order valence-electron chi connectivity index (χ4n) is 1.38. The highest BCUT2D eigenvalue weighted by Gasteiger charge is 2.05. The fourth-order valence-corrected chi connectivity index (χ4v) is 1.38. The number of hydrogen-bond donors (Lipinski definition) is 0. The molecule has 14 heavy (non-hydrogen) atoms. The Morgan fingerprint density at radius 2 is 2.14 bits per heavy atom. The first-order valence-corrected chi connectivity index (χ1v) is 5.14. The average molecular weight is 195 g/mol. The van der Waals surface area contributed by atoms with Gasteiger partial charge in [-0.2, -0.15) is 0 Å². The Bertz CT molecular complexity index is 294. The Balaban J connectivity index is 2.42. The molecule has 1 aromatic heterocycles. The summed E-state index contributed by atoms with van der Waals surface area (Å²) in [4.78, 5) is 10.5. The van der Waals surface area contributed by atoms with Crippen LogP contribution in [0.5, 0.6) is 0 Å². The number of nitrogens with zero attached hydrogens (tertiary/aromatic N) is 3. The molecule has 0 amide bonds. The van der Waals surface area contributed by atoms with E-state index in [1.54, 1.807) is 4.68 Å². The summed E-state index contributed by atoms with van der Waals surface area (Å²) in [5, 5.41) is 7.70. The van der Waals surface area contributed by atoms with Crippen LogP contribution in [0.15, 0.2) is 0 Å². The van der Waals surface area contributed by atoms with Gasteiger partial charge in [0, 0.05) is 6.54 Å². The summed E-state index contributed by atoms with van der Waals surface area (Å²) in [6.07, 6.45) is 5.57. The smallest absolute Gasteiger partial charge is 0.172 e. The summed E-state index contributed by atoms with van der Waals surface area (Å²) in [5.41, 5.74) is 1.33. The first-order chi connectivity index (χ1) is 6.79. The van der Waals surface area contributed by atoms with Crippen LogP contribution in [0.3, 0.4) is 0 Å². The third-order valence-electron chi connectivity index (χ3n) is 2.35. The summed E-state index contributed by atoms with van der Waals surface area (Å²) in [6.45, 7) is 4.93. The summed E-state index contributed by atoms with van der Waals surface area (Å²) in [6, 6.07) is 0. The van der Waals surface area contributed by atoms with E-state index >= 15 is 0 Å². The van der Waals surface area contributed by atoms with E-state index in [2.05, 4.69) is 17.2 Å². The van der Waals surface area contributed by atoms with Gasteiger partial charge < -0.3 is 0 Å². The molecule has 0 aliphatic heterocycles. The highest BCUT2D eigenvalue weighted by molar-refractivity contribution is 5.72. The Kier molecular flexibility index (Phi) is 4.29. The molecule has 0 fully saturated rings. The van der Waals surface area contributed by atoms with Crippen LogP contribution in [-0.2, 0) is 6.54 Å². The molecular weight excluding hydrogens is 178 g/mol. The van der Waals surface area contributed by atoms with Crippen LogP contribution in [0.2, 0.25) is 0 Å². The van der Waals surface area contributed by atoms with Crippen molar-refractivity contribution >= 4 is 6.29 Å². The molecule has 0 aliphatic carbocycles. The summed E-state index contributed by atoms with van der Waals surface area (Å²) >= 11 is 0. The number of aryl methyl sites for hydroxylation is 1. The Morgan fingerprint density at radius 3 is 2.71 bits per heavy atom. The predicted octanol–water partition coefficient (Wildman–Crippen LogP) is 1.98. The zero-order valence-corrected chi connectivity index (χ0v) is 8.86. The highest BCUT2D eigenvalue weighted by Crippen LogP contribution is 2.05. The van der Waals surface area contributed by atoms with Crippen LogP contribution in [0, 0.1) is 6.92 Å². The molecule has 4 nitrogen and oxygen atoms in total. The van der Waals surface area contributed by atoms with E-state index in [1.165, 1.54) is 19.3 Å².